The highest BCUT2D eigenvalue weighted by molar-refractivity contribution is 6.30. The third-order valence-electron chi connectivity index (χ3n) is 4.80. The van der Waals surface area contributed by atoms with E-state index in [1.807, 2.05) is 0 Å². The van der Waals surface area contributed by atoms with Crippen molar-refractivity contribution >= 4 is 29.6 Å². The average molecular weight is 447 g/mol. The normalized spacial score (nSPS) is 19.7. The quantitative estimate of drug-likeness (QED) is 0.655. The van der Waals surface area contributed by atoms with E-state index in [0.29, 0.717) is 23.0 Å². The number of benzene rings is 1. The van der Waals surface area contributed by atoms with Crippen LogP contribution in [0.5, 0.6) is 5.75 Å². The summed E-state index contributed by atoms with van der Waals surface area (Å²) in [6.07, 6.45) is 0.882. The highest BCUT2D eigenvalue weighted by atomic mass is 35.5. The lowest BCUT2D eigenvalue weighted by Gasteiger charge is -2.27. The van der Waals surface area contributed by atoms with Crippen molar-refractivity contribution in [1.82, 2.24) is 10.6 Å². The number of urea groups is 1. The summed E-state index contributed by atoms with van der Waals surface area (Å²) in [6, 6.07) is 6.88. The molecule has 0 saturated heterocycles. The number of fused-ring (bicyclic) bond motifs is 1. The van der Waals surface area contributed by atoms with Crippen molar-refractivity contribution < 1.29 is 33.0 Å². The van der Waals surface area contributed by atoms with Gasteiger partial charge >= 0.3 is 18.0 Å². The SMILES string of the molecule is CCOC(=O)C1=C(COC(=O)[C@@H]2Cc3cc(Cl)ccc3O2)NC(=O)N[C@@H]1c1ccco1. The predicted octanol–water partition coefficient (Wildman–Crippen LogP) is 2.65. The molecule has 1 aromatic carbocycles. The first kappa shape index (κ1) is 20.8. The van der Waals surface area contributed by atoms with Crippen LogP contribution in [0.1, 0.15) is 24.3 Å². The predicted molar refractivity (Wildman–Crippen MR) is 107 cm³/mol. The minimum absolute atomic E-state index is 0.0895. The summed E-state index contributed by atoms with van der Waals surface area (Å²) < 4.78 is 21.5. The topological polar surface area (TPSA) is 116 Å². The Hall–Kier alpha value is -3.46. The molecule has 0 bridgehead atoms. The summed E-state index contributed by atoms with van der Waals surface area (Å²) in [5.74, 6) is -0.397. The maximum atomic E-state index is 12.6. The number of carbonyl (C=O) groups excluding carboxylic acids is 3. The molecule has 4 rings (SSSR count). The van der Waals surface area contributed by atoms with Crippen LogP contribution < -0.4 is 15.4 Å². The summed E-state index contributed by atoms with van der Waals surface area (Å²) in [6.45, 7) is 1.44. The van der Waals surface area contributed by atoms with Gasteiger partial charge in [0.2, 0.25) is 0 Å². The minimum atomic E-state index is -0.884. The number of nitrogens with one attached hydrogen (secondary N) is 2. The van der Waals surface area contributed by atoms with Gasteiger partial charge in [-0.15, -0.1) is 0 Å². The Morgan fingerprint density at radius 3 is 2.84 bits per heavy atom. The Labute approximate surface area is 182 Å². The molecule has 0 saturated carbocycles. The molecule has 0 aliphatic carbocycles. The van der Waals surface area contributed by atoms with E-state index < -0.39 is 30.1 Å². The molecule has 2 amide bonds. The molecule has 31 heavy (non-hydrogen) atoms. The molecule has 2 aliphatic heterocycles. The number of rotatable bonds is 6. The fourth-order valence-electron chi connectivity index (χ4n) is 3.44. The van der Waals surface area contributed by atoms with Gasteiger partial charge in [0, 0.05) is 11.4 Å². The van der Waals surface area contributed by atoms with Crippen molar-refractivity contribution in [1.29, 1.82) is 0 Å². The van der Waals surface area contributed by atoms with Crippen molar-refractivity contribution in [2.75, 3.05) is 13.2 Å². The van der Waals surface area contributed by atoms with Crippen LogP contribution in [0, 0.1) is 0 Å². The Balaban J connectivity index is 1.53. The molecular formula is C21H19ClN2O7. The van der Waals surface area contributed by atoms with Gasteiger partial charge in [-0.3, -0.25) is 0 Å². The highest BCUT2D eigenvalue weighted by Gasteiger charge is 2.37. The number of carbonyl (C=O) groups is 3. The molecule has 162 valence electrons. The highest BCUT2D eigenvalue weighted by Crippen LogP contribution is 2.32. The van der Waals surface area contributed by atoms with E-state index in [4.69, 9.17) is 30.2 Å². The fourth-order valence-corrected chi connectivity index (χ4v) is 3.63. The minimum Gasteiger partial charge on any atom is -0.478 e. The molecule has 0 radical (unpaired) electrons. The third kappa shape index (κ3) is 4.36. The van der Waals surface area contributed by atoms with Crippen molar-refractivity contribution in [2.45, 2.75) is 25.5 Å². The van der Waals surface area contributed by atoms with Crippen LogP contribution in [0.4, 0.5) is 4.79 Å². The van der Waals surface area contributed by atoms with Gasteiger partial charge in [-0.2, -0.15) is 0 Å². The summed E-state index contributed by atoms with van der Waals surface area (Å²) in [5, 5.41) is 5.68. The Morgan fingerprint density at radius 1 is 1.26 bits per heavy atom. The lowest BCUT2D eigenvalue weighted by atomic mass is 10.0. The number of esters is 2. The Bertz CT molecular complexity index is 1050. The van der Waals surface area contributed by atoms with Gasteiger partial charge < -0.3 is 29.3 Å². The Kier molecular flexibility index (Phi) is 5.85. The number of halogens is 1. The number of hydrogen-bond donors (Lipinski definition) is 2. The standard InChI is InChI=1S/C21H19ClN2O7/c1-2-28-20(26)17-13(23-21(27)24-18(17)15-4-3-7-29-15)10-30-19(25)16-9-11-8-12(22)5-6-14(11)31-16/h3-8,16,18H,2,9-10H2,1H3,(H2,23,24,27)/t16-,18+/m0/s1. The van der Waals surface area contributed by atoms with Gasteiger partial charge in [0.1, 0.15) is 24.2 Å². The van der Waals surface area contributed by atoms with Crippen LogP contribution in [0.2, 0.25) is 5.02 Å². The van der Waals surface area contributed by atoms with Gasteiger partial charge in [-0.25, -0.2) is 14.4 Å². The summed E-state index contributed by atoms with van der Waals surface area (Å²) in [5.41, 5.74) is 0.996. The van der Waals surface area contributed by atoms with Crippen molar-refractivity contribution in [3.05, 3.63) is 64.2 Å². The molecule has 2 aliphatic rings. The van der Waals surface area contributed by atoms with Gasteiger partial charge in [0.05, 0.1) is 24.1 Å². The van der Waals surface area contributed by atoms with Crippen LogP contribution in [0.25, 0.3) is 0 Å². The zero-order chi connectivity index (χ0) is 22.0. The molecule has 2 atom stereocenters. The van der Waals surface area contributed by atoms with Gasteiger partial charge in [0.25, 0.3) is 0 Å². The lowest BCUT2D eigenvalue weighted by molar-refractivity contribution is -0.150. The summed E-state index contributed by atoms with van der Waals surface area (Å²) >= 11 is 5.98. The number of ether oxygens (including phenoxy) is 3. The molecule has 10 heteroatoms. The maximum absolute atomic E-state index is 12.6. The molecule has 2 N–H and O–H groups in total. The lowest BCUT2D eigenvalue weighted by Crippen LogP contribution is -2.47. The number of hydrogen-bond acceptors (Lipinski definition) is 7. The number of furan rings is 1. The van der Waals surface area contributed by atoms with Crippen molar-refractivity contribution in [2.24, 2.45) is 0 Å². The second kappa shape index (κ2) is 8.73. The zero-order valence-electron chi connectivity index (χ0n) is 16.5. The molecule has 0 fully saturated rings. The van der Waals surface area contributed by atoms with Crippen LogP contribution in [-0.2, 0) is 25.5 Å². The van der Waals surface area contributed by atoms with Crippen LogP contribution in [-0.4, -0.2) is 37.3 Å². The van der Waals surface area contributed by atoms with E-state index in [1.165, 1.54) is 6.26 Å². The molecular weight excluding hydrogens is 428 g/mol. The van der Waals surface area contributed by atoms with Crippen LogP contribution >= 0.6 is 11.6 Å². The largest absolute Gasteiger partial charge is 0.478 e. The van der Waals surface area contributed by atoms with Crippen LogP contribution in [0.3, 0.4) is 0 Å². The molecule has 2 aromatic rings. The van der Waals surface area contributed by atoms with E-state index >= 15 is 0 Å². The van der Waals surface area contributed by atoms with Crippen molar-refractivity contribution in [3.8, 4) is 5.75 Å². The van der Waals surface area contributed by atoms with E-state index in [2.05, 4.69) is 10.6 Å². The first-order chi connectivity index (χ1) is 15.0. The van der Waals surface area contributed by atoms with E-state index in [9.17, 15) is 14.4 Å². The molecule has 1 aromatic heterocycles. The fraction of sp³-hybridized carbons (Fsp3) is 0.286. The second-order valence-electron chi connectivity index (χ2n) is 6.83. The van der Waals surface area contributed by atoms with E-state index in [1.54, 1.807) is 37.3 Å². The van der Waals surface area contributed by atoms with Gasteiger partial charge in [0.15, 0.2) is 6.10 Å². The smallest absolute Gasteiger partial charge is 0.348 e. The molecule has 3 heterocycles. The first-order valence-corrected chi connectivity index (χ1v) is 9.97. The second-order valence-corrected chi connectivity index (χ2v) is 7.27. The average Bonchev–Trinajstić information content (AvgIpc) is 3.41. The van der Waals surface area contributed by atoms with E-state index in [-0.39, 0.29) is 24.5 Å². The molecule has 0 spiro atoms. The monoisotopic (exact) mass is 446 g/mol. The zero-order valence-corrected chi connectivity index (χ0v) is 17.2. The van der Waals surface area contributed by atoms with Gasteiger partial charge in [-0.1, -0.05) is 11.6 Å². The molecule has 0 unspecified atom stereocenters. The van der Waals surface area contributed by atoms with Crippen molar-refractivity contribution in [3.63, 3.8) is 0 Å². The van der Waals surface area contributed by atoms with Crippen LogP contribution in [0.15, 0.2) is 52.3 Å². The Morgan fingerprint density at radius 2 is 2.10 bits per heavy atom. The maximum Gasteiger partial charge on any atom is 0.348 e. The van der Waals surface area contributed by atoms with E-state index in [0.717, 1.165) is 5.56 Å². The first-order valence-electron chi connectivity index (χ1n) is 9.59. The van der Waals surface area contributed by atoms with Gasteiger partial charge in [-0.05, 0) is 42.8 Å². The third-order valence-corrected chi connectivity index (χ3v) is 5.03. The summed E-state index contributed by atoms with van der Waals surface area (Å²) in [7, 11) is 0. The summed E-state index contributed by atoms with van der Waals surface area (Å²) in [4.78, 5) is 37.3. The number of amides is 2. The molecule has 9 nitrogen and oxygen atoms in total.